The van der Waals surface area contributed by atoms with E-state index in [1.54, 1.807) is 0 Å². The van der Waals surface area contributed by atoms with Crippen LogP contribution in [-0.2, 0) is 13.5 Å². The Morgan fingerprint density at radius 1 is 1.16 bits per heavy atom. The normalized spacial score (nSPS) is 27.3. The monoisotopic (exact) mass is 345 g/mol. The first-order valence-corrected chi connectivity index (χ1v) is 10.0. The lowest BCUT2D eigenvalue weighted by molar-refractivity contribution is 0.151. The molecule has 1 aliphatic carbocycles. The molecule has 1 aromatic heterocycles. The molecule has 1 N–H and O–H groups in total. The van der Waals surface area contributed by atoms with E-state index in [4.69, 9.17) is 0 Å². The minimum Gasteiger partial charge on any atom is -0.331 e. The van der Waals surface area contributed by atoms with Crippen molar-refractivity contribution in [3.8, 4) is 0 Å². The van der Waals surface area contributed by atoms with Gasteiger partial charge in [0.1, 0.15) is 0 Å². The predicted octanol–water partition coefficient (Wildman–Crippen LogP) is 2.46. The lowest BCUT2D eigenvalue weighted by atomic mass is 9.93. The Labute approximate surface area is 150 Å². The zero-order valence-electron chi connectivity index (χ0n) is 15.4. The van der Waals surface area contributed by atoms with E-state index in [0.717, 1.165) is 45.2 Å². The van der Waals surface area contributed by atoms with Crippen LogP contribution >= 0.6 is 0 Å². The smallest absolute Gasteiger partial charge is 0.318 e. The number of aryl methyl sites for hydroxylation is 1. The first-order chi connectivity index (χ1) is 12.2. The van der Waals surface area contributed by atoms with Crippen LogP contribution in [0.5, 0.6) is 0 Å². The number of hydrogen-bond acceptors (Lipinski definition) is 3. The Bertz CT molecular complexity index is 607. The van der Waals surface area contributed by atoms with E-state index in [9.17, 15) is 4.79 Å². The van der Waals surface area contributed by atoms with Crippen molar-refractivity contribution in [3.63, 3.8) is 0 Å². The van der Waals surface area contributed by atoms with Crippen LogP contribution in [0.3, 0.4) is 0 Å². The molecule has 25 heavy (non-hydrogen) atoms. The zero-order valence-corrected chi connectivity index (χ0v) is 15.4. The van der Waals surface area contributed by atoms with Gasteiger partial charge >= 0.3 is 6.03 Å². The maximum atomic E-state index is 13.0. The first kappa shape index (κ1) is 16.9. The fraction of sp³-hybridized carbons (Fsp3) is 0.789. The molecule has 2 saturated heterocycles. The maximum absolute atomic E-state index is 13.0. The third-order valence-electron chi connectivity index (χ3n) is 6.23. The van der Waals surface area contributed by atoms with Crippen molar-refractivity contribution in [2.45, 2.75) is 63.5 Å². The summed E-state index contributed by atoms with van der Waals surface area (Å²) in [6.45, 7) is 4.36. The van der Waals surface area contributed by atoms with E-state index in [-0.39, 0.29) is 12.1 Å². The van der Waals surface area contributed by atoms with Crippen molar-refractivity contribution >= 4 is 6.03 Å². The number of likely N-dealkylation sites (tertiary alicyclic amines) is 2. The third-order valence-corrected chi connectivity index (χ3v) is 6.23. The van der Waals surface area contributed by atoms with Crippen LogP contribution in [0.2, 0.25) is 0 Å². The molecule has 0 spiro atoms. The number of urea groups is 1. The lowest BCUT2D eigenvalue weighted by Crippen LogP contribution is -2.49. The van der Waals surface area contributed by atoms with Crippen molar-refractivity contribution in [2.75, 3.05) is 26.2 Å². The van der Waals surface area contributed by atoms with Crippen molar-refractivity contribution in [1.29, 1.82) is 0 Å². The summed E-state index contributed by atoms with van der Waals surface area (Å²) in [4.78, 5) is 17.6. The van der Waals surface area contributed by atoms with Crippen LogP contribution in [-0.4, -0.2) is 57.8 Å². The van der Waals surface area contributed by atoms with Crippen LogP contribution in [0.25, 0.3) is 0 Å². The Kier molecular flexibility index (Phi) is 4.97. The first-order valence-electron chi connectivity index (χ1n) is 10.0. The van der Waals surface area contributed by atoms with Crippen LogP contribution in [0.15, 0.2) is 6.20 Å². The number of aromatic nitrogens is 2. The van der Waals surface area contributed by atoms with E-state index >= 15 is 0 Å². The molecule has 0 radical (unpaired) electrons. The summed E-state index contributed by atoms with van der Waals surface area (Å²) >= 11 is 0. The Balaban J connectivity index is 1.38. The summed E-state index contributed by atoms with van der Waals surface area (Å²) < 4.78 is 1.96. The molecule has 0 saturated carbocycles. The van der Waals surface area contributed by atoms with E-state index in [0.29, 0.717) is 6.04 Å². The number of amides is 2. The van der Waals surface area contributed by atoms with Crippen LogP contribution in [0.4, 0.5) is 4.79 Å². The molecule has 138 valence electrons. The average molecular weight is 345 g/mol. The molecular weight excluding hydrogens is 314 g/mol. The van der Waals surface area contributed by atoms with Gasteiger partial charge in [0.15, 0.2) is 0 Å². The fourth-order valence-corrected chi connectivity index (χ4v) is 4.82. The Morgan fingerprint density at radius 3 is 2.84 bits per heavy atom. The van der Waals surface area contributed by atoms with Crippen LogP contribution < -0.4 is 5.32 Å². The van der Waals surface area contributed by atoms with E-state index in [2.05, 4.69) is 20.2 Å². The molecule has 2 fully saturated rings. The van der Waals surface area contributed by atoms with Gasteiger partial charge < -0.3 is 15.1 Å². The van der Waals surface area contributed by atoms with Crippen molar-refractivity contribution < 1.29 is 4.79 Å². The van der Waals surface area contributed by atoms with Crippen molar-refractivity contribution in [3.05, 3.63) is 17.5 Å². The summed E-state index contributed by atoms with van der Waals surface area (Å²) in [5.41, 5.74) is 2.50. The van der Waals surface area contributed by atoms with E-state index < -0.39 is 0 Å². The lowest BCUT2D eigenvalue weighted by Gasteiger charge is -2.34. The molecule has 2 amide bonds. The highest BCUT2D eigenvalue weighted by Gasteiger charge is 2.33. The van der Waals surface area contributed by atoms with Crippen LogP contribution in [0, 0.1) is 0 Å². The zero-order chi connectivity index (χ0) is 17.2. The molecule has 0 unspecified atom stereocenters. The molecule has 0 bridgehead atoms. The second kappa shape index (κ2) is 7.36. The highest BCUT2D eigenvalue weighted by atomic mass is 16.2. The van der Waals surface area contributed by atoms with Gasteiger partial charge in [0.25, 0.3) is 0 Å². The van der Waals surface area contributed by atoms with Crippen molar-refractivity contribution in [2.24, 2.45) is 7.05 Å². The summed E-state index contributed by atoms with van der Waals surface area (Å²) in [6, 6.07) is 0.637. The Hall–Kier alpha value is -1.56. The standard InChI is InChI=1S/C19H31N5O/c1-22-18-9-5-8-17(16(18)13-20-22)21-19(25)24-12-6-7-15(24)14-23-10-3-2-4-11-23/h13,15,17H,2-12,14H2,1H3,(H,21,25)/t15-,17+/m0/s1. The van der Waals surface area contributed by atoms with Gasteiger partial charge in [-0.05, 0) is 58.0 Å². The minimum atomic E-state index is 0.126. The molecule has 0 aromatic carbocycles. The highest BCUT2D eigenvalue weighted by Crippen LogP contribution is 2.30. The molecule has 4 rings (SSSR count). The van der Waals surface area contributed by atoms with Gasteiger partial charge in [0.2, 0.25) is 0 Å². The summed E-state index contributed by atoms with van der Waals surface area (Å²) in [5, 5.41) is 7.70. The third kappa shape index (κ3) is 3.54. The average Bonchev–Trinajstić information content (AvgIpc) is 3.24. The summed E-state index contributed by atoms with van der Waals surface area (Å²) in [7, 11) is 2.00. The quantitative estimate of drug-likeness (QED) is 0.915. The van der Waals surface area contributed by atoms with Gasteiger partial charge in [-0.3, -0.25) is 4.68 Å². The summed E-state index contributed by atoms with van der Waals surface area (Å²) in [6.07, 6.45) is 11.4. The molecular formula is C19H31N5O. The predicted molar refractivity (Wildman–Crippen MR) is 97.4 cm³/mol. The van der Waals surface area contributed by atoms with Crippen LogP contribution in [0.1, 0.15) is 62.2 Å². The molecule has 6 nitrogen and oxygen atoms in total. The largest absolute Gasteiger partial charge is 0.331 e. The Morgan fingerprint density at radius 2 is 2.00 bits per heavy atom. The SMILES string of the molecule is Cn1ncc2c1CCC[C@H]2NC(=O)N1CCC[C@H]1CN1CCCCC1. The minimum absolute atomic E-state index is 0.126. The number of carbonyl (C=O) groups is 1. The van der Waals surface area contributed by atoms with Gasteiger partial charge in [0.05, 0.1) is 12.2 Å². The molecule has 2 aliphatic heterocycles. The van der Waals surface area contributed by atoms with Crippen molar-refractivity contribution in [1.82, 2.24) is 24.9 Å². The van der Waals surface area contributed by atoms with E-state index in [1.165, 1.54) is 43.6 Å². The van der Waals surface area contributed by atoms with E-state index in [1.807, 2.05) is 17.9 Å². The number of piperidine rings is 1. The van der Waals surface area contributed by atoms with Gasteiger partial charge in [-0.1, -0.05) is 6.42 Å². The fourth-order valence-electron chi connectivity index (χ4n) is 4.82. The second-order valence-corrected chi connectivity index (χ2v) is 7.92. The molecule has 1 aromatic rings. The van der Waals surface area contributed by atoms with Gasteiger partial charge in [-0.2, -0.15) is 5.10 Å². The molecule has 3 heterocycles. The second-order valence-electron chi connectivity index (χ2n) is 7.92. The van der Waals surface area contributed by atoms with Gasteiger partial charge in [-0.15, -0.1) is 0 Å². The molecule has 6 heteroatoms. The van der Waals surface area contributed by atoms with Gasteiger partial charge in [0, 0.05) is 37.4 Å². The molecule has 3 aliphatic rings. The molecule has 2 atom stereocenters. The number of carbonyl (C=O) groups excluding carboxylic acids is 1. The summed E-state index contributed by atoms with van der Waals surface area (Å²) in [5.74, 6) is 0. The highest BCUT2D eigenvalue weighted by molar-refractivity contribution is 5.75. The number of fused-ring (bicyclic) bond motifs is 1. The van der Waals surface area contributed by atoms with Gasteiger partial charge in [-0.25, -0.2) is 4.79 Å². The topological polar surface area (TPSA) is 53.4 Å². The maximum Gasteiger partial charge on any atom is 0.318 e. The number of nitrogens with zero attached hydrogens (tertiary/aromatic N) is 4. The number of nitrogens with one attached hydrogen (secondary N) is 1. The number of hydrogen-bond donors (Lipinski definition) is 1. The number of rotatable bonds is 3.